The first-order chi connectivity index (χ1) is 14.3. The summed E-state index contributed by atoms with van der Waals surface area (Å²) in [5.74, 6) is 1.04. The minimum absolute atomic E-state index is 0. The monoisotopic (exact) mass is 523 g/mol. The van der Waals surface area contributed by atoms with Crippen molar-refractivity contribution in [2.45, 2.75) is 25.4 Å². The lowest BCUT2D eigenvalue weighted by molar-refractivity contribution is -0.142. The van der Waals surface area contributed by atoms with Crippen LogP contribution in [0.2, 0.25) is 0 Å². The number of halogens is 1. The molecule has 0 spiro atoms. The highest BCUT2D eigenvalue weighted by molar-refractivity contribution is 14.0. The molecule has 1 N–H and O–H groups in total. The van der Waals surface area contributed by atoms with Gasteiger partial charge in [0.25, 0.3) is 5.91 Å². The van der Waals surface area contributed by atoms with Crippen molar-refractivity contribution < 1.29 is 9.53 Å². The van der Waals surface area contributed by atoms with Gasteiger partial charge in [-0.3, -0.25) is 14.8 Å². The van der Waals surface area contributed by atoms with E-state index in [0.717, 1.165) is 50.4 Å². The van der Waals surface area contributed by atoms with Crippen molar-refractivity contribution in [3.8, 4) is 0 Å². The Hall–Kier alpha value is -1.94. The summed E-state index contributed by atoms with van der Waals surface area (Å²) in [6.07, 6.45) is 4.33. The van der Waals surface area contributed by atoms with Gasteiger partial charge in [-0.05, 0) is 30.9 Å². The zero-order chi connectivity index (χ0) is 20.1. The molecule has 0 aliphatic carbocycles. The summed E-state index contributed by atoms with van der Waals surface area (Å²) in [6, 6.07) is 10.4. The number of fused-ring (bicyclic) bond motifs is 1. The molecular formula is C22H30IN5O2. The third-order valence-corrected chi connectivity index (χ3v) is 5.70. The van der Waals surface area contributed by atoms with Crippen LogP contribution < -0.4 is 5.32 Å². The van der Waals surface area contributed by atoms with Gasteiger partial charge in [-0.1, -0.05) is 24.3 Å². The van der Waals surface area contributed by atoms with Crippen LogP contribution in [0.3, 0.4) is 0 Å². The van der Waals surface area contributed by atoms with Gasteiger partial charge in [0.15, 0.2) is 5.96 Å². The van der Waals surface area contributed by atoms with Crippen molar-refractivity contribution in [1.82, 2.24) is 20.1 Å². The van der Waals surface area contributed by atoms with Crippen LogP contribution in [0, 0.1) is 0 Å². The summed E-state index contributed by atoms with van der Waals surface area (Å²) < 4.78 is 5.54. The van der Waals surface area contributed by atoms with E-state index in [1.165, 1.54) is 10.9 Å². The zero-order valence-corrected chi connectivity index (χ0v) is 19.7. The third kappa shape index (κ3) is 5.21. The van der Waals surface area contributed by atoms with Crippen LogP contribution in [0.4, 0.5) is 0 Å². The van der Waals surface area contributed by atoms with Crippen LogP contribution >= 0.6 is 24.0 Å². The lowest BCUT2D eigenvalue weighted by Crippen LogP contribution is -2.55. The number of carbonyl (C=O) groups excluding carboxylic acids is 1. The van der Waals surface area contributed by atoms with E-state index in [0.29, 0.717) is 19.7 Å². The Morgan fingerprint density at radius 2 is 1.97 bits per heavy atom. The number of pyridine rings is 1. The van der Waals surface area contributed by atoms with Gasteiger partial charge < -0.3 is 19.9 Å². The quantitative estimate of drug-likeness (QED) is 0.379. The number of nitrogens with one attached hydrogen (secondary N) is 1. The van der Waals surface area contributed by atoms with Gasteiger partial charge in [-0.15, -0.1) is 24.0 Å². The predicted molar refractivity (Wildman–Crippen MR) is 129 cm³/mol. The number of aliphatic imine (C=N–C) groups is 1. The van der Waals surface area contributed by atoms with E-state index in [1.54, 1.807) is 0 Å². The van der Waals surface area contributed by atoms with E-state index in [2.05, 4.69) is 44.5 Å². The van der Waals surface area contributed by atoms with Crippen LogP contribution in [0.15, 0.2) is 41.5 Å². The molecule has 8 heteroatoms. The maximum atomic E-state index is 12.5. The van der Waals surface area contributed by atoms with Crippen molar-refractivity contribution >= 4 is 46.7 Å². The normalized spacial score (nSPS) is 19.6. The molecule has 2 aromatic rings. The Kier molecular flexibility index (Phi) is 8.26. The predicted octanol–water partition coefficient (Wildman–Crippen LogP) is 2.29. The number of rotatable bonds is 4. The summed E-state index contributed by atoms with van der Waals surface area (Å²) >= 11 is 0. The number of nitrogens with zero attached hydrogens (tertiary/aromatic N) is 4. The zero-order valence-electron chi connectivity index (χ0n) is 17.4. The molecule has 2 aliphatic rings. The fourth-order valence-electron chi connectivity index (χ4n) is 4.13. The summed E-state index contributed by atoms with van der Waals surface area (Å²) in [5, 5.41) is 4.64. The summed E-state index contributed by atoms with van der Waals surface area (Å²) in [5.41, 5.74) is 2.30. The number of hydrogen-bond donors (Lipinski definition) is 1. The minimum Gasteiger partial charge on any atom is -0.368 e. The topological polar surface area (TPSA) is 70.1 Å². The highest BCUT2D eigenvalue weighted by atomic mass is 127. The largest absolute Gasteiger partial charge is 0.368 e. The molecule has 2 saturated heterocycles. The maximum absolute atomic E-state index is 12.5. The molecule has 0 saturated carbocycles. The molecule has 4 rings (SSSR count). The van der Waals surface area contributed by atoms with Crippen LogP contribution in [-0.4, -0.2) is 79.1 Å². The molecule has 3 heterocycles. The number of benzene rings is 1. The second-order valence-corrected chi connectivity index (χ2v) is 7.53. The molecule has 30 heavy (non-hydrogen) atoms. The first kappa shape index (κ1) is 22.7. The first-order valence-electron chi connectivity index (χ1n) is 10.4. The number of guanidine groups is 1. The molecule has 2 aliphatic heterocycles. The number of hydrogen-bond acceptors (Lipinski definition) is 4. The van der Waals surface area contributed by atoms with Crippen molar-refractivity contribution in [3.63, 3.8) is 0 Å². The highest BCUT2D eigenvalue weighted by Gasteiger charge is 2.30. The fourth-order valence-corrected chi connectivity index (χ4v) is 4.13. The molecule has 7 nitrogen and oxygen atoms in total. The number of amides is 1. The standard InChI is InChI=1S/C22H29N5O2.HI/c1-23-22(25-11-9-18-6-2-5-17-7-3-10-24-20(17)18)27-14-12-26(13-15-27)21(28)19-8-4-16-29-19;/h2-3,5-7,10,19H,4,8-9,11-16H2,1H3,(H,23,25);1H. The minimum atomic E-state index is -0.228. The van der Waals surface area contributed by atoms with E-state index < -0.39 is 0 Å². The Bertz CT molecular complexity index is 871. The molecule has 0 bridgehead atoms. The van der Waals surface area contributed by atoms with Crippen molar-refractivity contribution in [3.05, 3.63) is 42.1 Å². The molecule has 162 valence electrons. The molecular weight excluding hydrogens is 493 g/mol. The average Bonchev–Trinajstić information content (AvgIpc) is 3.31. The Balaban J connectivity index is 0.00000256. The second kappa shape index (κ2) is 10.9. The summed E-state index contributed by atoms with van der Waals surface area (Å²) in [7, 11) is 1.81. The van der Waals surface area contributed by atoms with E-state index in [4.69, 9.17) is 4.74 Å². The average molecular weight is 523 g/mol. The number of piperazine rings is 1. The highest BCUT2D eigenvalue weighted by Crippen LogP contribution is 2.17. The van der Waals surface area contributed by atoms with Crippen molar-refractivity contribution in [2.24, 2.45) is 4.99 Å². The van der Waals surface area contributed by atoms with Gasteiger partial charge in [0, 0.05) is 58.0 Å². The fraction of sp³-hybridized carbons (Fsp3) is 0.500. The molecule has 1 amide bonds. The van der Waals surface area contributed by atoms with E-state index in [-0.39, 0.29) is 36.0 Å². The number of ether oxygens (including phenoxy) is 1. The van der Waals surface area contributed by atoms with Gasteiger partial charge in [0.2, 0.25) is 0 Å². The van der Waals surface area contributed by atoms with Crippen LogP contribution in [0.1, 0.15) is 18.4 Å². The maximum Gasteiger partial charge on any atom is 0.251 e. The Morgan fingerprint density at radius 3 is 2.70 bits per heavy atom. The number of para-hydroxylation sites is 1. The molecule has 1 unspecified atom stereocenters. The number of aromatic nitrogens is 1. The molecule has 0 radical (unpaired) electrons. The lowest BCUT2D eigenvalue weighted by atomic mass is 10.1. The first-order valence-corrected chi connectivity index (χ1v) is 10.4. The number of carbonyl (C=O) groups is 1. The molecule has 1 aromatic carbocycles. The summed E-state index contributed by atoms with van der Waals surface area (Å²) in [6.45, 7) is 4.50. The van der Waals surface area contributed by atoms with Crippen LogP contribution in [0.25, 0.3) is 10.9 Å². The van der Waals surface area contributed by atoms with E-state index in [1.807, 2.05) is 24.2 Å². The van der Waals surface area contributed by atoms with Crippen LogP contribution in [0.5, 0.6) is 0 Å². The van der Waals surface area contributed by atoms with Gasteiger partial charge in [-0.2, -0.15) is 0 Å². The van der Waals surface area contributed by atoms with Gasteiger partial charge in [0.05, 0.1) is 5.52 Å². The van der Waals surface area contributed by atoms with Gasteiger partial charge >= 0.3 is 0 Å². The Labute approximate surface area is 194 Å². The molecule has 1 aromatic heterocycles. The second-order valence-electron chi connectivity index (χ2n) is 7.53. The van der Waals surface area contributed by atoms with E-state index >= 15 is 0 Å². The Morgan fingerprint density at radius 1 is 1.20 bits per heavy atom. The smallest absolute Gasteiger partial charge is 0.251 e. The van der Waals surface area contributed by atoms with Crippen molar-refractivity contribution in [1.29, 1.82) is 0 Å². The van der Waals surface area contributed by atoms with E-state index in [9.17, 15) is 4.79 Å². The SMILES string of the molecule is CN=C(NCCc1cccc2cccnc12)N1CCN(C(=O)C2CCCO2)CC1.I. The van der Waals surface area contributed by atoms with Gasteiger partial charge in [0.1, 0.15) is 6.10 Å². The molecule has 1 atom stereocenters. The van der Waals surface area contributed by atoms with Crippen LogP contribution in [-0.2, 0) is 16.0 Å². The van der Waals surface area contributed by atoms with Crippen molar-refractivity contribution in [2.75, 3.05) is 46.4 Å². The lowest BCUT2D eigenvalue weighted by Gasteiger charge is -2.37. The third-order valence-electron chi connectivity index (χ3n) is 5.70. The molecule has 2 fully saturated rings. The summed E-state index contributed by atoms with van der Waals surface area (Å²) in [4.78, 5) is 25.6. The van der Waals surface area contributed by atoms with Gasteiger partial charge in [-0.25, -0.2) is 0 Å².